The molecule has 2 amide bonds. The van der Waals surface area contributed by atoms with Crippen LogP contribution in [0.1, 0.15) is 50.2 Å². The summed E-state index contributed by atoms with van der Waals surface area (Å²) in [5.74, 6) is -0.970. The van der Waals surface area contributed by atoms with Crippen LogP contribution in [0.5, 0.6) is 0 Å². The van der Waals surface area contributed by atoms with E-state index < -0.39 is 23.6 Å². The number of halogens is 1. The zero-order valence-corrected chi connectivity index (χ0v) is 23.2. The van der Waals surface area contributed by atoms with Gasteiger partial charge in [-0.05, 0) is 61.9 Å². The molecule has 3 atom stereocenters. The predicted molar refractivity (Wildman–Crippen MR) is 149 cm³/mol. The van der Waals surface area contributed by atoms with E-state index >= 15 is 4.39 Å². The Morgan fingerprint density at radius 2 is 2.03 bits per heavy atom. The van der Waals surface area contributed by atoms with Crippen LogP contribution in [0.2, 0.25) is 0 Å². The van der Waals surface area contributed by atoms with E-state index in [-0.39, 0.29) is 37.8 Å². The number of hydrogen-bond donors (Lipinski definition) is 4. The van der Waals surface area contributed by atoms with Crippen LogP contribution in [0.25, 0.3) is 11.1 Å². The van der Waals surface area contributed by atoms with Gasteiger partial charge >= 0.3 is 6.09 Å². The van der Waals surface area contributed by atoms with Crippen LogP contribution in [0.4, 0.5) is 9.18 Å². The Hall–Kier alpha value is -3.01. The van der Waals surface area contributed by atoms with Gasteiger partial charge in [0.1, 0.15) is 5.82 Å². The first-order valence-electron chi connectivity index (χ1n) is 13.8. The lowest BCUT2D eigenvalue weighted by Gasteiger charge is -2.44. The van der Waals surface area contributed by atoms with Gasteiger partial charge in [-0.15, -0.1) is 0 Å². The Kier molecular flexibility index (Phi) is 11.3. The lowest BCUT2D eigenvalue weighted by atomic mass is 9.72. The number of carbonyl (C=O) groups excluding carboxylic acids is 2. The Morgan fingerprint density at radius 1 is 1.26 bits per heavy atom. The normalized spacial score (nSPS) is 17.8. The molecule has 0 radical (unpaired) electrons. The summed E-state index contributed by atoms with van der Waals surface area (Å²) in [6, 6.07) is 12.4. The molecule has 2 aromatic rings. The molecular formula is C30H42FN3O5. The third-order valence-corrected chi connectivity index (χ3v) is 7.59. The average molecular weight is 544 g/mol. The highest BCUT2D eigenvalue weighted by atomic mass is 19.1. The highest BCUT2D eigenvalue weighted by molar-refractivity contribution is 5.77. The summed E-state index contributed by atoms with van der Waals surface area (Å²) in [6.45, 7) is 3.44. The van der Waals surface area contributed by atoms with Crippen molar-refractivity contribution in [1.29, 1.82) is 0 Å². The Balaban J connectivity index is 1.98. The maximum atomic E-state index is 15.5. The molecule has 0 aliphatic carbocycles. The van der Waals surface area contributed by atoms with Crippen LogP contribution in [0, 0.1) is 11.7 Å². The van der Waals surface area contributed by atoms with Crippen LogP contribution in [0.15, 0.2) is 42.5 Å². The molecule has 1 aliphatic heterocycles. The van der Waals surface area contributed by atoms with Crippen molar-refractivity contribution in [2.24, 2.45) is 5.92 Å². The topological polar surface area (TPSA) is 111 Å². The fraction of sp³-hybridized carbons (Fsp3) is 0.533. The summed E-state index contributed by atoms with van der Waals surface area (Å²) in [5.41, 5.74) is 1.10. The minimum absolute atomic E-state index is 0.00986. The molecule has 214 valence electrons. The van der Waals surface area contributed by atoms with Crippen molar-refractivity contribution in [3.63, 3.8) is 0 Å². The molecule has 9 heteroatoms. The summed E-state index contributed by atoms with van der Waals surface area (Å²) in [6.07, 6.45) is 1.41. The number of alkyl carbamates (subject to hydrolysis) is 1. The van der Waals surface area contributed by atoms with Gasteiger partial charge in [-0.3, -0.25) is 4.79 Å². The van der Waals surface area contributed by atoms with Crippen molar-refractivity contribution in [1.82, 2.24) is 15.5 Å². The van der Waals surface area contributed by atoms with E-state index in [1.165, 1.54) is 13.2 Å². The molecule has 39 heavy (non-hydrogen) atoms. The van der Waals surface area contributed by atoms with Gasteiger partial charge < -0.3 is 30.5 Å². The largest absolute Gasteiger partial charge is 0.453 e. The number of aliphatic hydroxyl groups is 2. The molecule has 1 saturated heterocycles. The number of aryl methyl sites for hydroxylation is 1. The van der Waals surface area contributed by atoms with Gasteiger partial charge in [0.15, 0.2) is 0 Å². The molecule has 0 bridgehead atoms. The van der Waals surface area contributed by atoms with E-state index in [9.17, 15) is 19.8 Å². The second-order valence-electron chi connectivity index (χ2n) is 10.3. The summed E-state index contributed by atoms with van der Waals surface area (Å²) < 4.78 is 20.2. The monoisotopic (exact) mass is 543 g/mol. The van der Waals surface area contributed by atoms with Crippen molar-refractivity contribution in [3.05, 3.63) is 59.4 Å². The van der Waals surface area contributed by atoms with Crippen molar-refractivity contribution in [2.75, 3.05) is 40.3 Å². The van der Waals surface area contributed by atoms with Gasteiger partial charge in [0.25, 0.3) is 0 Å². The maximum Gasteiger partial charge on any atom is 0.406 e. The zero-order chi connectivity index (χ0) is 28.4. The van der Waals surface area contributed by atoms with Gasteiger partial charge in [0.05, 0.1) is 25.2 Å². The molecule has 0 saturated carbocycles. The van der Waals surface area contributed by atoms with Gasteiger partial charge in [-0.25, -0.2) is 9.18 Å². The molecule has 3 rings (SSSR count). The second-order valence-corrected chi connectivity index (χ2v) is 10.3. The second kappa shape index (κ2) is 14.4. The molecule has 1 aliphatic rings. The number of ether oxygens (including phenoxy) is 1. The smallest absolute Gasteiger partial charge is 0.406 e. The number of aliphatic hydroxyl groups excluding tert-OH is 1. The van der Waals surface area contributed by atoms with Gasteiger partial charge in [-0.1, -0.05) is 43.3 Å². The van der Waals surface area contributed by atoms with Crippen molar-refractivity contribution in [3.8, 4) is 11.1 Å². The molecule has 8 nitrogen and oxygen atoms in total. The first-order chi connectivity index (χ1) is 18.7. The minimum atomic E-state index is -1.47. The fourth-order valence-electron chi connectivity index (χ4n) is 5.54. The molecule has 4 N–H and O–H groups in total. The number of likely N-dealkylation sites (tertiary alicyclic amines) is 1. The maximum absolute atomic E-state index is 15.5. The van der Waals surface area contributed by atoms with Crippen LogP contribution in [-0.4, -0.2) is 73.6 Å². The first kappa shape index (κ1) is 30.5. The van der Waals surface area contributed by atoms with Crippen LogP contribution >= 0.6 is 0 Å². The molecule has 1 heterocycles. The summed E-state index contributed by atoms with van der Waals surface area (Å²) >= 11 is 0. The molecular weight excluding hydrogens is 501 g/mol. The van der Waals surface area contributed by atoms with Crippen LogP contribution in [-0.2, 0) is 21.6 Å². The van der Waals surface area contributed by atoms with Crippen molar-refractivity contribution in [2.45, 2.75) is 57.2 Å². The standard InChI is InChI=1S/C30H42FN3O5/c1-4-21-9-5-10-22(17-21)28-25(12-6-13-26(28)31)30(38,14-8-15-33-29(37)39-3)23-11-7-16-34(20-23)27(36)18-24(35)19-32-2/h5-6,9-10,12-13,17,23-24,32,35,38H,4,7-8,11,14-16,18-20H2,1-3H3,(H,33,37). The highest BCUT2D eigenvalue weighted by Crippen LogP contribution is 2.44. The number of rotatable bonds is 12. The Bertz CT molecular complexity index is 1110. The van der Waals surface area contributed by atoms with E-state index in [1.807, 2.05) is 31.2 Å². The van der Waals surface area contributed by atoms with Crippen molar-refractivity contribution < 1.29 is 28.9 Å². The summed E-state index contributed by atoms with van der Waals surface area (Å²) in [5, 5.41) is 28.2. The number of benzene rings is 2. The number of methoxy groups -OCH3 is 1. The number of carbonyl (C=O) groups is 2. The number of hydrogen-bond acceptors (Lipinski definition) is 6. The molecule has 3 unspecified atom stereocenters. The molecule has 0 aromatic heterocycles. The lowest BCUT2D eigenvalue weighted by Crippen LogP contribution is -2.49. The fourth-order valence-corrected chi connectivity index (χ4v) is 5.54. The average Bonchev–Trinajstić information content (AvgIpc) is 2.95. The SMILES string of the molecule is CCc1cccc(-c2c(F)cccc2C(O)(CCCNC(=O)OC)C2CCCN(C(=O)CC(O)CNC)C2)c1. The van der Waals surface area contributed by atoms with Gasteiger partial charge in [-0.2, -0.15) is 0 Å². The number of likely N-dealkylation sites (N-methyl/N-ethyl adjacent to an activating group) is 1. The van der Waals surface area contributed by atoms with Crippen molar-refractivity contribution >= 4 is 12.0 Å². The lowest BCUT2D eigenvalue weighted by molar-refractivity contribution is -0.138. The van der Waals surface area contributed by atoms with E-state index in [1.54, 1.807) is 24.1 Å². The third-order valence-electron chi connectivity index (χ3n) is 7.59. The third kappa shape index (κ3) is 7.77. The Morgan fingerprint density at radius 3 is 2.74 bits per heavy atom. The molecule has 0 spiro atoms. The van der Waals surface area contributed by atoms with Gasteiger partial charge in [0, 0.05) is 37.7 Å². The summed E-state index contributed by atoms with van der Waals surface area (Å²) in [4.78, 5) is 26.3. The van der Waals surface area contributed by atoms with E-state index in [4.69, 9.17) is 0 Å². The minimum Gasteiger partial charge on any atom is -0.453 e. The number of nitrogens with zero attached hydrogens (tertiary/aromatic N) is 1. The predicted octanol–water partition coefficient (Wildman–Crippen LogP) is 3.59. The Labute approximate surface area is 230 Å². The number of amides is 2. The van der Waals surface area contributed by atoms with Crippen LogP contribution in [0.3, 0.4) is 0 Å². The quantitative estimate of drug-likeness (QED) is 0.305. The van der Waals surface area contributed by atoms with E-state index in [0.717, 1.165) is 12.0 Å². The first-order valence-corrected chi connectivity index (χ1v) is 13.8. The van der Waals surface area contributed by atoms with Crippen LogP contribution < -0.4 is 10.6 Å². The van der Waals surface area contributed by atoms with E-state index in [0.29, 0.717) is 49.0 Å². The van der Waals surface area contributed by atoms with Gasteiger partial charge in [0.2, 0.25) is 5.91 Å². The molecule has 2 aromatic carbocycles. The summed E-state index contributed by atoms with van der Waals surface area (Å²) in [7, 11) is 3.00. The zero-order valence-electron chi connectivity index (χ0n) is 23.2. The molecule has 1 fully saturated rings. The highest BCUT2D eigenvalue weighted by Gasteiger charge is 2.43. The van der Waals surface area contributed by atoms with E-state index in [2.05, 4.69) is 15.4 Å². The number of piperidine rings is 1. The number of nitrogens with one attached hydrogen (secondary N) is 2.